The number of nitrogens with one attached hydrogen (secondary N) is 2. The van der Waals surface area contributed by atoms with Gasteiger partial charge in [0, 0.05) is 37.8 Å². The molecule has 144 valence electrons. The lowest BCUT2D eigenvalue weighted by atomic mass is 9.92. The first-order chi connectivity index (χ1) is 13.6. The zero-order chi connectivity index (χ0) is 19.7. The van der Waals surface area contributed by atoms with Crippen LogP contribution >= 0.6 is 0 Å². The number of anilines is 2. The van der Waals surface area contributed by atoms with Gasteiger partial charge in [0.25, 0.3) is 0 Å². The molecule has 1 atom stereocenters. The van der Waals surface area contributed by atoms with Crippen molar-refractivity contribution < 1.29 is 13.8 Å². The van der Waals surface area contributed by atoms with E-state index in [0.717, 1.165) is 37.6 Å². The van der Waals surface area contributed by atoms with Crippen LogP contribution in [-0.4, -0.2) is 42.0 Å². The summed E-state index contributed by atoms with van der Waals surface area (Å²) < 4.78 is 11.7. The molecule has 1 fully saturated rings. The number of allylic oxidation sites excluding steroid dienone is 2. The van der Waals surface area contributed by atoms with Crippen LogP contribution < -0.4 is 20.7 Å². The predicted molar refractivity (Wildman–Crippen MR) is 109 cm³/mol. The molecule has 28 heavy (non-hydrogen) atoms. The fraction of sp³-hybridized carbons (Fsp3) is 0.200. The molecule has 0 radical (unpaired) electrons. The second-order valence-electron chi connectivity index (χ2n) is 6.61. The van der Waals surface area contributed by atoms with Crippen LogP contribution in [0.15, 0.2) is 59.1 Å². The van der Waals surface area contributed by atoms with Gasteiger partial charge in [-0.3, -0.25) is 9.59 Å². The Labute approximate surface area is 165 Å². The largest absolute Gasteiger partial charge is 0.367 e. The Morgan fingerprint density at radius 1 is 1.04 bits per heavy atom. The molecule has 7 nitrogen and oxygen atoms in total. The van der Waals surface area contributed by atoms with E-state index in [1.807, 2.05) is 24.3 Å². The fourth-order valence-corrected chi connectivity index (χ4v) is 4.18. The maximum absolute atomic E-state index is 13.0. The van der Waals surface area contributed by atoms with E-state index in [9.17, 15) is 13.8 Å². The summed E-state index contributed by atoms with van der Waals surface area (Å²) in [5, 5.41) is 11.9. The van der Waals surface area contributed by atoms with Gasteiger partial charge in [0.05, 0.1) is 27.5 Å². The second-order valence-corrected chi connectivity index (χ2v) is 7.64. The third kappa shape index (κ3) is 3.37. The normalized spacial score (nSPS) is 17.8. The topological polar surface area (TPSA) is 105 Å². The Hall–Kier alpha value is -2.81. The Morgan fingerprint density at radius 2 is 1.79 bits per heavy atom. The van der Waals surface area contributed by atoms with Crippen molar-refractivity contribution in [3.05, 3.63) is 65.4 Å². The van der Waals surface area contributed by atoms with E-state index in [2.05, 4.69) is 15.5 Å². The van der Waals surface area contributed by atoms with Crippen LogP contribution in [0.2, 0.25) is 0 Å². The van der Waals surface area contributed by atoms with E-state index in [1.165, 1.54) is 12.1 Å². The zero-order valence-electron chi connectivity index (χ0n) is 15.1. The van der Waals surface area contributed by atoms with Crippen molar-refractivity contribution in [3.63, 3.8) is 0 Å². The van der Waals surface area contributed by atoms with Crippen LogP contribution in [0.5, 0.6) is 0 Å². The molecule has 1 aliphatic carbocycles. The van der Waals surface area contributed by atoms with Crippen LogP contribution in [-0.2, 0) is 11.0 Å². The third-order valence-corrected chi connectivity index (χ3v) is 5.66. The third-order valence-electron chi connectivity index (χ3n) is 4.89. The van der Waals surface area contributed by atoms with Crippen molar-refractivity contribution >= 4 is 33.9 Å². The molecule has 1 saturated heterocycles. The molecule has 0 spiro atoms. The molecule has 1 unspecified atom stereocenters. The number of piperazine rings is 1. The highest BCUT2D eigenvalue weighted by Crippen LogP contribution is 2.31. The van der Waals surface area contributed by atoms with Crippen molar-refractivity contribution in [1.82, 2.24) is 5.32 Å². The van der Waals surface area contributed by atoms with Crippen molar-refractivity contribution in [1.29, 1.82) is 0 Å². The first-order valence-corrected chi connectivity index (χ1v) is 10.2. The molecule has 0 bridgehead atoms. The molecular formula is C20H20N4O3S. The number of nitrogens with two attached hydrogens (primary N) is 1. The van der Waals surface area contributed by atoms with Crippen LogP contribution in [0, 0.1) is 0 Å². The summed E-state index contributed by atoms with van der Waals surface area (Å²) in [6, 6.07) is 12.4. The minimum Gasteiger partial charge on any atom is -0.367 e. The molecule has 2 aromatic carbocycles. The Balaban J connectivity index is 1.68. The first-order valence-electron chi connectivity index (χ1n) is 8.98. The standard InChI is InChI=1S/C20H20N4O3S/c21-28(27)18-7-3-4-13-19(18)17(25)12-15(20(13)26)23-14-5-1-2-6-16(14)24-10-8-22-9-11-24/h1-7,12,22-23H,8-11,21H2. The molecule has 1 heterocycles. The van der Waals surface area contributed by atoms with Crippen LogP contribution in [0.25, 0.3) is 0 Å². The van der Waals surface area contributed by atoms with Gasteiger partial charge in [-0.1, -0.05) is 24.3 Å². The van der Waals surface area contributed by atoms with Crippen LogP contribution in [0.3, 0.4) is 0 Å². The minimum absolute atomic E-state index is 0.120. The number of carbonyl (C=O) groups excluding carboxylic acids is 2. The summed E-state index contributed by atoms with van der Waals surface area (Å²) in [7, 11) is -1.85. The molecule has 2 aromatic rings. The fourth-order valence-electron chi connectivity index (χ4n) is 3.55. The Bertz CT molecular complexity index is 1010. The summed E-state index contributed by atoms with van der Waals surface area (Å²) in [5.41, 5.74) is 2.27. The van der Waals surface area contributed by atoms with E-state index in [1.54, 1.807) is 12.1 Å². The molecule has 2 aliphatic rings. The quantitative estimate of drug-likeness (QED) is 0.723. The monoisotopic (exact) mass is 396 g/mol. The number of ketones is 2. The van der Waals surface area contributed by atoms with Crippen molar-refractivity contribution in [2.75, 3.05) is 36.4 Å². The molecule has 0 saturated carbocycles. The summed E-state index contributed by atoms with van der Waals surface area (Å²) in [6.07, 6.45) is 1.26. The first kappa shape index (κ1) is 18.5. The lowest BCUT2D eigenvalue weighted by Gasteiger charge is -2.31. The van der Waals surface area contributed by atoms with Gasteiger partial charge in [-0.2, -0.15) is 0 Å². The molecular weight excluding hydrogens is 376 g/mol. The highest BCUT2D eigenvalue weighted by atomic mass is 32.2. The number of benzene rings is 2. The number of rotatable bonds is 4. The summed E-state index contributed by atoms with van der Waals surface area (Å²) in [4.78, 5) is 28.1. The van der Waals surface area contributed by atoms with E-state index < -0.39 is 11.0 Å². The van der Waals surface area contributed by atoms with Gasteiger partial charge >= 0.3 is 0 Å². The van der Waals surface area contributed by atoms with Gasteiger partial charge in [0.15, 0.2) is 5.78 Å². The van der Waals surface area contributed by atoms with Gasteiger partial charge in [-0.05, 0) is 18.2 Å². The van der Waals surface area contributed by atoms with E-state index in [0.29, 0.717) is 0 Å². The summed E-state index contributed by atoms with van der Waals surface area (Å²) >= 11 is 0. The van der Waals surface area contributed by atoms with Crippen LogP contribution in [0.1, 0.15) is 20.7 Å². The number of Topliss-reactive ketones (excluding diaryl/α,β-unsaturated/α-hetero) is 1. The average Bonchev–Trinajstić information content (AvgIpc) is 2.72. The maximum Gasteiger partial charge on any atom is 0.210 e. The van der Waals surface area contributed by atoms with E-state index >= 15 is 0 Å². The van der Waals surface area contributed by atoms with Crippen LogP contribution in [0.4, 0.5) is 11.4 Å². The van der Waals surface area contributed by atoms with Gasteiger partial charge < -0.3 is 15.5 Å². The SMILES string of the molecule is NS(=O)c1cccc2c1C(=O)C=C(Nc1ccccc1N1CCNCC1)C2=O. The molecule has 1 aliphatic heterocycles. The summed E-state index contributed by atoms with van der Waals surface area (Å²) in [6.45, 7) is 3.50. The molecule has 4 N–H and O–H groups in total. The van der Waals surface area contributed by atoms with Crippen molar-refractivity contribution in [3.8, 4) is 0 Å². The predicted octanol–water partition coefficient (Wildman–Crippen LogP) is 1.45. The molecule has 0 aromatic heterocycles. The molecule has 0 amide bonds. The zero-order valence-corrected chi connectivity index (χ0v) is 15.9. The number of hydrogen-bond acceptors (Lipinski definition) is 6. The van der Waals surface area contributed by atoms with Gasteiger partial charge in [-0.15, -0.1) is 0 Å². The molecule has 8 heteroatoms. The number of para-hydroxylation sites is 2. The number of hydrogen-bond donors (Lipinski definition) is 3. The van der Waals surface area contributed by atoms with Gasteiger partial charge in [0.2, 0.25) is 5.78 Å². The molecule has 4 rings (SSSR count). The highest BCUT2D eigenvalue weighted by molar-refractivity contribution is 7.82. The Kier molecular flexibility index (Phi) is 5.08. The number of carbonyl (C=O) groups is 2. The number of nitrogens with zero attached hydrogens (tertiary/aromatic N) is 1. The lowest BCUT2D eigenvalue weighted by Crippen LogP contribution is -2.43. The van der Waals surface area contributed by atoms with Gasteiger partial charge in [-0.25, -0.2) is 9.35 Å². The van der Waals surface area contributed by atoms with Crippen molar-refractivity contribution in [2.24, 2.45) is 5.14 Å². The smallest absolute Gasteiger partial charge is 0.210 e. The summed E-state index contributed by atoms with van der Waals surface area (Å²) in [5.74, 6) is -0.705. The van der Waals surface area contributed by atoms with Gasteiger partial charge in [0.1, 0.15) is 11.0 Å². The van der Waals surface area contributed by atoms with Crippen molar-refractivity contribution in [2.45, 2.75) is 4.90 Å². The minimum atomic E-state index is -1.85. The second kappa shape index (κ2) is 7.67. The highest BCUT2D eigenvalue weighted by Gasteiger charge is 2.29. The van der Waals surface area contributed by atoms with E-state index in [4.69, 9.17) is 5.14 Å². The maximum atomic E-state index is 13.0. The lowest BCUT2D eigenvalue weighted by molar-refractivity contribution is 0.0983. The number of fused-ring (bicyclic) bond motifs is 1. The van der Waals surface area contributed by atoms with E-state index in [-0.39, 0.29) is 33.3 Å². The Morgan fingerprint density at radius 3 is 2.54 bits per heavy atom. The average molecular weight is 396 g/mol.